The fourth-order valence-electron chi connectivity index (χ4n) is 2.14. The Morgan fingerprint density at radius 1 is 1.20 bits per heavy atom. The van der Waals surface area contributed by atoms with Gasteiger partial charge in [0.25, 0.3) is 0 Å². The van der Waals surface area contributed by atoms with Gasteiger partial charge in [-0.15, -0.1) is 0 Å². The highest BCUT2D eigenvalue weighted by atomic mass is 32.2. The largest absolute Gasteiger partial charge is 0.329 e. The smallest absolute Gasteiger partial charge is 0.243 e. The second-order valence-corrected chi connectivity index (χ2v) is 7.31. The van der Waals surface area contributed by atoms with Crippen molar-refractivity contribution in [2.24, 2.45) is 5.73 Å². The molecule has 1 aromatic carbocycles. The van der Waals surface area contributed by atoms with Gasteiger partial charge in [0.1, 0.15) is 0 Å². The Balaban J connectivity index is 3.29. The zero-order valence-corrected chi connectivity index (χ0v) is 13.7. The SMILES string of the molecule is CCCN(C(C)(CC)CN)S(=O)(=O)c1ccc(C)cc1. The molecule has 0 radical (unpaired) electrons. The molecular formula is C15H26N2O2S. The average Bonchev–Trinajstić information content (AvgIpc) is 2.44. The van der Waals surface area contributed by atoms with E-state index in [0.29, 0.717) is 24.4 Å². The van der Waals surface area contributed by atoms with Gasteiger partial charge in [0, 0.05) is 18.6 Å². The van der Waals surface area contributed by atoms with Crippen LogP contribution in [0.1, 0.15) is 39.2 Å². The van der Waals surface area contributed by atoms with Crippen molar-refractivity contribution in [3.8, 4) is 0 Å². The van der Waals surface area contributed by atoms with E-state index in [1.807, 2.05) is 39.8 Å². The first-order valence-corrected chi connectivity index (χ1v) is 8.55. The monoisotopic (exact) mass is 298 g/mol. The fraction of sp³-hybridized carbons (Fsp3) is 0.600. The number of benzene rings is 1. The topological polar surface area (TPSA) is 63.4 Å². The summed E-state index contributed by atoms with van der Waals surface area (Å²) in [4.78, 5) is 0.338. The van der Waals surface area contributed by atoms with Crippen molar-refractivity contribution in [3.63, 3.8) is 0 Å². The Morgan fingerprint density at radius 3 is 2.15 bits per heavy atom. The molecule has 0 aliphatic rings. The van der Waals surface area contributed by atoms with Crippen LogP contribution in [0.15, 0.2) is 29.2 Å². The van der Waals surface area contributed by atoms with Gasteiger partial charge in [-0.2, -0.15) is 4.31 Å². The van der Waals surface area contributed by atoms with Gasteiger partial charge in [-0.05, 0) is 38.8 Å². The van der Waals surface area contributed by atoms with E-state index in [0.717, 1.165) is 12.0 Å². The molecule has 0 amide bonds. The lowest BCUT2D eigenvalue weighted by molar-refractivity contribution is 0.206. The molecule has 20 heavy (non-hydrogen) atoms. The maximum atomic E-state index is 12.9. The van der Waals surface area contributed by atoms with E-state index in [1.165, 1.54) is 0 Å². The summed E-state index contributed by atoms with van der Waals surface area (Å²) in [7, 11) is -3.51. The molecule has 0 fully saturated rings. The third-order valence-corrected chi connectivity index (χ3v) is 5.91. The Labute approximate surface area is 123 Å². The minimum Gasteiger partial charge on any atom is -0.329 e. The van der Waals surface area contributed by atoms with Gasteiger partial charge in [-0.3, -0.25) is 0 Å². The lowest BCUT2D eigenvalue weighted by atomic mass is 9.99. The van der Waals surface area contributed by atoms with Crippen molar-refractivity contribution in [1.29, 1.82) is 0 Å². The third kappa shape index (κ3) is 3.40. The lowest BCUT2D eigenvalue weighted by Gasteiger charge is -2.38. The minimum absolute atomic E-state index is 0.314. The van der Waals surface area contributed by atoms with Gasteiger partial charge in [-0.25, -0.2) is 8.42 Å². The predicted molar refractivity (Wildman–Crippen MR) is 83.1 cm³/mol. The minimum atomic E-state index is -3.51. The normalized spacial score (nSPS) is 15.3. The molecule has 0 heterocycles. The Bertz CT molecular complexity index is 519. The van der Waals surface area contributed by atoms with Gasteiger partial charge in [0.15, 0.2) is 0 Å². The van der Waals surface area contributed by atoms with Gasteiger partial charge in [0.2, 0.25) is 10.0 Å². The van der Waals surface area contributed by atoms with Gasteiger partial charge in [0.05, 0.1) is 4.90 Å². The molecule has 0 aliphatic carbocycles. The first-order valence-electron chi connectivity index (χ1n) is 7.11. The summed E-state index contributed by atoms with van der Waals surface area (Å²) >= 11 is 0. The van der Waals surface area contributed by atoms with Crippen LogP contribution >= 0.6 is 0 Å². The van der Waals surface area contributed by atoms with Gasteiger partial charge >= 0.3 is 0 Å². The Morgan fingerprint density at radius 2 is 1.75 bits per heavy atom. The molecule has 1 rings (SSSR count). The highest BCUT2D eigenvalue weighted by Crippen LogP contribution is 2.27. The number of hydrogen-bond donors (Lipinski definition) is 1. The highest BCUT2D eigenvalue weighted by molar-refractivity contribution is 7.89. The van der Waals surface area contributed by atoms with Gasteiger partial charge < -0.3 is 5.73 Å². The lowest BCUT2D eigenvalue weighted by Crippen LogP contribution is -2.54. The molecule has 0 aliphatic heterocycles. The third-order valence-electron chi connectivity index (χ3n) is 3.84. The molecule has 0 saturated carbocycles. The first-order chi connectivity index (χ1) is 9.31. The first kappa shape index (κ1) is 17.1. The Kier molecular flexibility index (Phi) is 5.74. The molecule has 1 unspecified atom stereocenters. The quantitative estimate of drug-likeness (QED) is 0.841. The van der Waals surface area contributed by atoms with Crippen LogP contribution in [0.5, 0.6) is 0 Å². The molecule has 0 aromatic heterocycles. The highest BCUT2D eigenvalue weighted by Gasteiger charge is 2.37. The molecule has 4 nitrogen and oxygen atoms in total. The van der Waals surface area contributed by atoms with Crippen molar-refractivity contribution in [3.05, 3.63) is 29.8 Å². The average molecular weight is 298 g/mol. The van der Waals surface area contributed by atoms with Crippen molar-refractivity contribution in [2.45, 2.75) is 51.0 Å². The summed E-state index contributed by atoms with van der Waals surface area (Å²) < 4.78 is 27.3. The summed E-state index contributed by atoms with van der Waals surface area (Å²) in [5.74, 6) is 0. The number of aryl methyl sites for hydroxylation is 1. The standard InChI is InChI=1S/C15H26N2O2S/c1-5-11-17(15(4,6-2)12-16)20(18,19)14-9-7-13(3)8-10-14/h7-10H,5-6,11-12,16H2,1-4H3. The molecule has 5 heteroatoms. The number of hydrogen-bond acceptors (Lipinski definition) is 3. The molecule has 114 valence electrons. The van der Waals surface area contributed by atoms with E-state index in [4.69, 9.17) is 5.73 Å². The van der Waals surface area contributed by atoms with Crippen LogP contribution in [0.4, 0.5) is 0 Å². The van der Waals surface area contributed by atoms with E-state index in [2.05, 4.69) is 0 Å². The van der Waals surface area contributed by atoms with Crippen molar-refractivity contribution in [2.75, 3.05) is 13.1 Å². The van der Waals surface area contributed by atoms with Crippen molar-refractivity contribution < 1.29 is 8.42 Å². The number of nitrogens with two attached hydrogens (primary N) is 1. The second kappa shape index (κ2) is 6.70. The van der Waals surface area contributed by atoms with Gasteiger partial charge in [-0.1, -0.05) is 31.5 Å². The van der Waals surface area contributed by atoms with Crippen LogP contribution < -0.4 is 5.73 Å². The van der Waals surface area contributed by atoms with Crippen LogP contribution in [0.3, 0.4) is 0 Å². The number of nitrogens with zero attached hydrogens (tertiary/aromatic N) is 1. The van der Waals surface area contributed by atoms with Crippen molar-refractivity contribution >= 4 is 10.0 Å². The van der Waals surface area contributed by atoms with E-state index in [9.17, 15) is 8.42 Å². The van der Waals surface area contributed by atoms with Crippen LogP contribution in [0.2, 0.25) is 0 Å². The molecule has 0 bridgehead atoms. The summed E-state index contributed by atoms with van der Waals surface area (Å²) in [6, 6.07) is 6.98. The number of rotatable bonds is 7. The fourth-order valence-corrected chi connectivity index (χ4v) is 4.08. The van der Waals surface area contributed by atoms with Crippen LogP contribution in [0, 0.1) is 6.92 Å². The summed E-state index contributed by atoms with van der Waals surface area (Å²) in [6.45, 7) is 8.60. The molecule has 0 spiro atoms. The van der Waals surface area contributed by atoms with E-state index >= 15 is 0 Å². The van der Waals surface area contributed by atoms with Crippen LogP contribution in [-0.4, -0.2) is 31.4 Å². The van der Waals surface area contributed by atoms with E-state index < -0.39 is 15.6 Å². The molecule has 0 saturated heterocycles. The maximum Gasteiger partial charge on any atom is 0.243 e. The zero-order valence-electron chi connectivity index (χ0n) is 12.9. The summed E-state index contributed by atoms with van der Waals surface area (Å²) in [5.41, 5.74) is 6.34. The van der Waals surface area contributed by atoms with Crippen molar-refractivity contribution in [1.82, 2.24) is 4.31 Å². The zero-order chi connectivity index (χ0) is 15.4. The predicted octanol–water partition coefficient (Wildman–Crippen LogP) is 2.52. The Hall–Kier alpha value is -0.910. The van der Waals surface area contributed by atoms with E-state index in [1.54, 1.807) is 16.4 Å². The van der Waals surface area contributed by atoms with E-state index in [-0.39, 0.29) is 0 Å². The number of sulfonamides is 1. The second-order valence-electron chi connectivity index (χ2n) is 5.44. The molecule has 2 N–H and O–H groups in total. The van der Waals surface area contributed by atoms with Crippen LogP contribution in [-0.2, 0) is 10.0 Å². The summed E-state index contributed by atoms with van der Waals surface area (Å²) in [5, 5.41) is 0. The summed E-state index contributed by atoms with van der Waals surface area (Å²) in [6.07, 6.45) is 1.45. The maximum absolute atomic E-state index is 12.9. The molecule has 1 aromatic rings. The molecule has 1 atom stereocenters. The molecular weight excluding hydrogens is 272 g/mol. The van der Waals surface area contributed by atoms with Crippen LogP contribution in [0.25, 0.3) is 0 Å².